The zero-order chi connectivity index (χ0) is 15.0. The van der Waals surface area contributed by atoms with Gasteiger partial charge in [0.25, 0.3) is 0 Å². The monoisotopic (exact) mass is 282 g/mol. The van der Waals surface area contributed by atoms with Crippen LogP contribution in [0.5, 0.6) is 0 Å². The van der Waals surface area contributed by atoms with Crippen molar-refractivity contribution in [3.63, 3.8) is 0 Å². The molecule has 3 nitrogen and oxygen atoms in total. The van der Waals surface area contributed by atoms with Gasteiger partial charge in [-0.2, -0.15) is 0 Å². The van der Waals surface area contributed by atoms with E-state index in [4.69, 9.17) is 5.11 Å². The molecule has 1 aromatic carbocycles. The maximum Gasteiger partial charge on any atom is 0.127 e. The summed E-state index contributed by atoms with van der Waals surface area (Å²) in [7, 11) is 1.99. The quantitative estimate of drug-likeness (QED) is 0.731. The number of nitrogens with one attached hydrogen (secondary N) is 1. The summed E-state index contributed by atoms with van der Waals surface area (Å²) in [5.74, 6) is -0.154. The van der Waals surface area contributed by atoms with Crippen LogP contribution in [0.1, 0.15) is 38.3 Å². The summed E-state index contributed by atoms with van der Waals surface area (Å²) in [6, 6.07) is 7.09. The molecule has 0 aliphatic carbocycles. The average Bonchev–Trinajstić information content (AvgIpc) is 2.47. The first kappa shape index (κ1) is 17.1. The highest BCUT2D eigenvalue weighted by atomic mass is 19.1. The topological polar surface area (TPSA) is 35.5 Å². The van der Waals surface area contributed by atoms with E-state index >= 15 is 0 Å². The lowest BCUT2D eigenvalue weighted by Gasteiger charge is -2.26. The fourth-order valence-electron chi connectivity index (χ4n) is 2.14. The Morgan fingerprint density at radius 2 is 2.05 bits per heavy atom. The standard InChI is InChI=1S/C16H27FN2O/c1-4-10-18-16(9-11-19(3)13(2)12-20)14-7-5-6-8-15(14)17/h5-8,13,16,18,20H,4,9-12H2,1-3H3. The fourth-order valence-corrected chi connectivity index (χ4v) is 2.14. The molecule has 1 aromatic rings. The van der Waals surface area contributed by atoms with Gasteiger partial charge in [-0.25, -0.2) is 4.39 Å². The van der Waals surface area contributed by atoms with Crippen molar-refractivity contribution in [2.24, 2.45) is 0 Å². The molecule has 1 rings (SSSR count). The summed E-state index contributed by atoms with van der Waals surface area (Å²) in [6.07, 6.45) is 1.84. The second-order valence-corrected chi connectivity index (χ2v) is 5.33. The first-order chi connectivity index (χ1) is 9.60. The van der Waals surface area contributed by atoms with E-state index in [9.17, 15) is 4.39 Å². The van der Waals surface area contributed by atoms with Crippen LogP contribution in [-0.4, -0.2) is 42.8 Å². The molecule has 0 aromatic heterocycles. The molecule has 0 saturated carbocycles. The maximum absolute atomic E-state index is 13.9. The number of halogens is 1. The predicted octanol–water partition coefficient (Wildman–Crippen LogP) is 2.57. The van der Waals surface area contributed by atoms with Gasteiger partial charge in [0.2, 0.25) is 0 Å². The summed E-state index contributed by atoms with van der Waals surface area (Å²) in [5, 5.41) is 12.6. The molecule has 0 radical (unpaired) electrons. The van der Waals surface area contributed by atoms with E-state index in [1.54, 1.807) is 6.07 Å². The number of aliphatic hydroxyl groups is 1. The molecule has 0 fully saturated rings. The minimum atomic E-state index is -0.154. The summed E-state index contributed by atoms with van der Waals surface area (Å²) in [5.41, 5.74) is 0.728. The summed E-state index contributed by atoms with van der Waals surface area (Å²) >= 11 is 0. The fraction of sp³-hybridized carbons (Fsp3) is 0.625. The Bertz CT molecular complexity index is 386. The van der Waals surface area contributed by atoms with Crippen LogP contribution in [0.3, 0.4) is 0 Å². The van der Waals surface area contributed by atoms with E-state index in [-0.39, 0.29) is 24.5 Å². The SMILES string of the molecule is CCCNC(CCN(C)C(C)CO)c1ccccc1F. The van der Waals surface area contributed by atoms with E-state index < -0.39 is 0 Å². The number of likely N-dealkylation sites (N-methyl/N-ethyl adjacent to an activating group) is 1. The molecule has 2 unspecified atom stereocenters. The lowest BCUT2D eigenvalue weighted by molar-refractivity contribution is 0.154. The van der Waals surface area contributed by atoms with Gasteiger partial charge in [-0.1, -0.05) is 25.1 Å². The second-order valence-electron chi connectivity index (χ2n) is 5.33. The Morgan fingerprint density at radius 3 is 2.65 bits per heavy atom. The smallest absolute Gasteiger partial charge is 0.127 e. The van der Waals surface area contributed by atoms with Gasteiger partial charge < -0.3 is 15.3 Å². The normalized spacial score (nSPS) is 14.5. The lowest BCUT2D eigenvalue weighted by Crippen LogP contribution is -2.35. The van der Waals surface area contributed by atoms with E-state index in [0.29, 0.717) is 0 Å². The molecule has 0 saturated heterocycles. The van der Waals surface area contributed by atoms with Crippen molar-refractivity contribution in [1.29, 1.82) is 0 Å². The first-order valence-electron chi connectivity index (χ1n) is 7.39. The number of aliphatic hydroxyl groups excluding tert-OH is 1. The van der Waals surface area contributed by atoms with Gasteiger partial charge in [-0.3, -0.25) is 0 Å². The maximum atomic E-state index is 13.9. The number of benzene rings is 1. The van der Waals surface area contributed by atoms with Gasteiger partial charge in [0.1, 0.15) is 5.82 Å². The Kier molecular flexibility index (Phi) is 7.73. The summed E-state index contributed by atoms with van der Waals surface area (Å²) in [4.78, 5) is 2.10. The lowest BCUT2D eigenvalue weighted by atomic mass is 10.0. The largest absolute Gasteiger partial charge is 0.395 e. The second kappa shape index (κ2) is 9.06. The Labute approximate surface area is 121 Å². The van der Waals surface area contributed by atoms with Crippen LogP contribution in [0.2, 0.25) is 0 Å². The molecule has 0 aliphatic rings. The van der Waals surface area contributed by atoms with Crippen molar-refractivity contribution in [3.05, 3.63) is 35.6 Å². The zero-order valence-electron chi connectivity index (χ0n) is 12.8. The highest BCUT2D eigenvalue weighted by Gasteiger charge is 2.16. The van der Waals surface area contributed by atoms with Crippen LogP contribution >= 0.6 is 0 Å². The van der Waals surface area contributed by atoms with Crippen molar-refractivity contribution < 1.29 is 9.50 Å². The van der Waals surface area contributed by atoms with Gasteiger partial charge in [0.05, 0.1) is 6.61 Å². The summed E-state index contributed by atoms with van der Waals surface area (Å²) in [6.45, 7) is 5.92. The van der Waals surface area contributed by atoms with Crippen molar-refractivity contribution >= 4 is 0 Å². The van der Waals surface area contributed by atoms with Crippen LogP contribution in [0.15, 0.2) is 24.3 Å². The van der Waals surface area contributed by atoms with Crippen LogP contribution < -0.4 is 5.32 Å². The molecule has 20 heavy (non-hydrogen) atoms. The molecule has 4 heteroatoms. The molecule has 0 aliphatic heterocycles. The number of nitrogens with zero attached hydrogens (tertiary/aromatic N) is 1. The first-order valence-corrected chi connectivity index (χ1v) is 7.39. The van der Waals surface area contributed by atoms with E-state index in [1.807, 2.05) is 26.1 Å². The van der Waals surface area contributed by atoms with E-state index in [1.165, 1.54) is 6.07 Å². The molecule has 2 atom stereocenters. The zero-order valence-corrected chi connectivity index (χ0v) is 12.8. The molecule has 0 spiro atoms. The highest BCUT2D eigenvalue weighted by Crippen LogP contribution is 2.20. The van der Waals surface area contributed by atoms with Gasteiger partial charge in [-0.15, -0.1) is 0 Å². The van der Waals surface area contributed by atoms with Crippen LogP contribution in [0, 0.1) is 5.82 Å². The van der Waals surface area contributed by atoms with Crippen LogP contribution in [0.25, 0.3) is 0 Å². The van der Waals surface area contributed by atoms with Crippen molar-refractivity contribution in [3.8, 4) is 0 Å². The van der Waals surface area contributed by atoms with Gasteiger partial charge in [-0.05, 0) is 39.4 Å². The number of rotatable bonds is 9. The minimum absolute atomic E-state index is 0.0180. The minimum Gasteiger partial charge on any atom is -0.395 e. The van der Waals surface area contributed by atoms with E-state index in [0.717, 1.165) is 31.5 Å². The van der Waals surface area contributed by atoms with Crippen LogP contribution in [-0.2, 0) is 0 Å². The average molecular weight is 282 g/mol. The molecular formula is C16H27FN2O. The van der Waals surface area contributed by atoms with Crippen molar-refractivity contribution in [1.82, 2.24) is 10.2 Å². The Morgan fingerprint density at radius 1 is 1.35 bits per heavy atom. The summed E-state index contributed by atoms with van der Waals surface area (Å²) < 4.78 is 13.9. The molecule has 0 bridgehead atoms. The predicted molar refractivity (Wildman–Crippen MR) is 81.2 cm³/mol. The van der Waals surface area contributed by atoms with Gasteiger partial charge >= 0.3 is 0 Å². The molecule has 0 amide bonds. The van der Waals surface area contributed by atoms with Crippen molar-refractivity contribution in [2.75, 3.05) is 26.7 Å². The van der Waals surface area contributed by atoms with Gasteiger partial charge in [0.15, 0.2) is 0 Å². The Hall–Kier alpha value is -0.970. The molecule has 114 valence electrons. The molecule has 0 heterocycles. The third kappa shape index (κ3) is 5.19. The van der Waals surface area contributed by atoms with E-state index in [2.05, 4.69) is 17.1 Å². The van der Waals surface area contributed by atoms with Crippen molar-refractivity contribution in [2.45, 2.75) is 38.8 Å². The van der Waals surface area contributed by atoms with Gasteiger partial charge in [0, 0.05) is 24.2 Å². The molecular weight excluding hydrogens is 255 g/mol. The highest BCUT2D eigenvalue weighted by molar-refractivity contribution is 5.21. The molecule has 2 N–H and O–H groups in total. The third-order valence-corrected chi connectivity index (χ3v) is 3.71. The van der Waals surface area contributed by atoms with Crippen LogP contribution in [0.4, 0.5) is 4.39 Å². The number of hydrogen-bond acceptors (Lipinski definition) is 3. The number of hydrogen-bond donors (Lipinski definition) is 2. The Balaban J connectivity index is 2.68. The third-order valence-electron chi connectivity index (χ3n) is 3.71.